The lowest BCUT2D eigenvalue weighted by Gasteiger charge is -2.64. The van der Waals surface area contributed by atoms with Crippen molar-refractivity contribution >= 4 is 36.4 Å². The molecular weight excluding hydrogens is 843 g/mol. The Kier molecular flexibility index (Phi) is 17.4. The maximum Gasteiger partial charge on any atom is 0.461 e. The zero-order valence-corrected chi connectivity index (χ0v) is 42.3. The maximum absolute atomic E-state index is 14.2. The molecule has 5 fully saturated rings. The number of likely N-dealkylation sites (tertiary alicyclic amines) is 1. The van der Waals surface area contributed by atoms with E-state index in [0.717, 1.165) is 36.8 Å². The van der Waals surface area contributed by atoms with Crippen molar-refractivity contribution in [3.63, 3.8) is 0 Å². The van der Waals surface area contributed by atoms with Gasteiger partial charge in [-0.2, -0.15) is 0 Å². The van der Waals surface area contributed by atoms with E-state index in [1.807, 2.05) is 52.0 Å². The predicted octanol–water partition coefficient (Wildman–Crippen LogP) is 8.52. The fraction of sp³-hybridized carbons (Fsp3) is 0.685. The van der Waals surface area contributed by atoms with Crippen molar-refractivity contribution in [1.29, 1.82) is 0 Å². The van der Waals surface area contributed by atoms with E-state index in [9.17, 15) is 24.0 Å². The number of hydrogen-bond donors (Lipinski definition) is 3. The lowest BCUT2D eigenvalue weighted by Crippen LogP contribution is -2.65. The second-order valence-electron chi connectivity index (χ2n) is 22.3. The standard InChI is InChI=1S/C54H81BN4O8/c1-11-12-15-37-17-19-38(20-18-37)39-21-23-41(24-22-39)51(64)59-28-25-40(26-29-59)50(63)58-48(36(4)65-52(5,6)7)45(61)30-34(2)49(62)57-43(16-13-14-27-56)44(60)31-35(3)55-66-47-33-42-32-46(53(42,8)9)54(47,10)67-55/h17-24,34-36,40,42-43,46-48H,11-16,25-33,56H2,1-10H3,(H,57,62)(H,58,63)/t34-,35-,36-,42+,43+,46+,47?,48+,54+/m1/s1. The first-order valence-electron chi connectivity index (χ1n) is 25.5. The highest BCUT2D eigenvalue weighted by Crippen LogP contribution is 2.66. The van der Waals surface area contributed by atoms with Crippen LogP contribution < -0.4 is 16.4 Å². The number of nitrogens with two attached hydrogens (primary N) is 1. The number of ether oxygens (including phenoxy) is 1. The van der Waals surface area contributed by atoms with E-state index in [0.29, 0.717) is 69.1 Å². The minimum absolute atomic E-state index is 0.0122. The lowest BCUT2D eigenvalue weighted by molar-refractivity contribution is -0.199. The van der Waals surface area contributed by atoms with Gasteiger partial charge in [-0.15, -0.1) is 0 Å². The van der Waals surface area contributed by atoms with E-state index in [4.69, 9.17) is 19.8 Å². The average Bonchev–Trinajstić information content (AvgIpc) is 3.66. The van der Waals surface area contributed by atoms with Crippen LogP contribution in [0.4, 0.5) is 0 Å². The molecule has 2 aromatic carbocycles. The first kappa shape index (κ1) is 52.5. The molecule has 3 amide bonds. The van der Waals surface area contributed by atoms with Crippen molar-refractivity contribution in [1.82, 2.24) is 15.5 Å². The number of rotatable bonds is 22. The first-order valence-corrected chi connectivity index (χ1v) is 25.5. The Morgan fingerprint density at radius 1 is 0.866 bits per heavy atom. The van der Waals surface area contributed by atoms with Crippen molar-refractivity contribution in [2.24, 2.45) is 34.8 Å². The average molecular weight is 925 g/mol. The maximum atomic E-state index is 14.2. The number of ketones is 2. The molecule has 2 bridgehead atoms. The van der Waals surface area contributed by atoms with E-state index >= 15 is 0 Å². The van der Waals surface area contributed by atoms with Gasteiger partial charge >= 0.3 is 7.12 Å². The Balaban J connectivity index is 1.02. The third-order valence-corrected chi connectivity index (χ3v) is 15.6. The molecule has 7 rings (SSSR count). The van der Waals surface area contributed by atoms with Crippen LogP contribution in [0.1, 0.15) is 156 Å². The van der Waals surface area contributed by atoms with Crippen LogP contribution in [0.3, 0.4) is 0 Å². The normalized spacial score (nSPS) is 24.7. The Hall–Kier alpha value is -3.91. The van der Waals surface area contributed by atoms with E-state index in [-0.39, 0.29) is 59.2 Å². The van der Waals surface area contributed by atoms with Crippen LogP contribution in [0.2, 0.25) is 5.82 Å². The van der Waals surface area contributed by atoms with Crippen LogP contribution in [0, 0.1) is 29.1 Å². The van der Waals surface area contributed by atoms with Gasteiger partial charge in [0.25, 0.3) is 5.91 Å². The molecule has 9 atom stereocenters. The van der Waals surface area contributed by atoms with Crippen LogP contribution in [0.15, 0.2) is 48.5 Å². The number of aryl methyl sites for hydroxylation is 1. The predicted molar refractivity (Wildman–Crippen MR) is 264 cm³/mol. The number of hydrogen-bond acceptors (Lipinski definition) is 9. The highest BCUT2D eigenvalue weighted by atomic mass is 16.7. The summed E-state index contributed by atoms with van der Waals surface area (Å²) in [6, 6.07) is 14.5. The summed E-state index contributed by atoms with van der Waals surface area (Å²) in [5, 5.41) is 5.98. The third-order valence-electron chi connectivity index (χ3n) is 15.6. The first-order chi connectivity index (χ1) is 31.6. The van der Waals surface area contributed by atoms with E-state index < -0.39 is 48.7 Å². The molecule has 5 aliphatic rings. The summed E-state index contributed by atoms with van der Waals surface area (Å²) in [6.45, 7) is 21.4. The Bertz CT molecular complexity index is 2030. The number of carbonyl (C=O) groups is 5. The minimum Gasteiger partial charge on any atom is -0.405 e. The molecule has 368 valence electrons. The van der Waals surface area contributed by atoms with Crippen molar-refractivity contribution in [3.05, 3.63) is 59.7 Å². The smallest absolute Gasteiger partial charge is 0.405 e. The van der Waals surface area contributed by atoms with Crippen LogP contribution in [-0.4, -0.2) is 96.4 Å². The van der Waals surface area contributed by atoms with Gasteiger partial charge in [-0.1, -0.05) is 77.4 Å². The lowest BCUT2D eigenvalue weighted by atomic mass is 9.43. The van der Waals surface area contributed by atoms with Crippen molar-refractivity contribution in [2.75, 3.05) is 19.6 Å². The van der Waals surface area contributed by atoms with Crippen molar-refractivity contribution in [3.8, 4) is 11.1 Å². The van der Waals surface area contributed by atoms with Crippen LogP contribution in [0.5, 0.6) is 0 Å². The number of piperidine rings is 1. The van der Waals surface area contributed by atoms with E-state index in [1.54, 1.807) is 18.7 Å². The zero-order chi connectivity index (χ0) is 48.8. The number of nitrogens with zero attached hydrogens (tertiary/aromatic N) is 1. The van der Waals surface area contributed by atoms with Crippen LogP contribution >= 0.6 is 0 Å². The molecule has 67 heavy (non-hydrogen) atoms. The molecule has 1 unspecified atom stereocenters. The Morgan fingerprint density at radius 3 is 2.10 bits per heavy atom. The quantitative estimate of drug-likeness (QED) is 0.0775. The molecule has 13 heteroatoms. The monoisotopic (exact) mass is 925 g/mol. The summed E-state index contributed by atoms with van der Waals surface area (Å²) in [6.07, 6.45) is 7.55. The van der Waals surface area contributed by atoms with Gasteiger partial charge in [0.05, 0.1) is 29.5 Å². The van der Waals surface area contributed by atoms with E-state index in [1.165, 1.54) is 12.0 Å². The second kappa shape index (κ2) is 22.2. The van der Waals surface area contributed by atoms with Crippen LogP contribution in [-0.2, 0) is 39.6 Å². The summed E-state index contributed by atoms with van der Waals surface area (Å²) in [7, 11) is -0.502. The molecular formula is C54H81BN4O8. The summed E-state index contributed by atoms with van der Waals surface area (Å²) in [5.41, 5.74) is 9.11. The van der Waals surface area contributed by atoms with Gasteiger partial charge in [-0.25, -0.2) is 0 Å². The van der Waals surface area contributed by atoms with Gasteiger partial charge in [-0.05, 0) is 151 Å². The number of Topliss-reactive ketones (excluding diaryl/α,β-unsaturated/α-hetero) is 2. The molecule has 0 spiro atoms. The van der Waals surface area contributed by atoms with Gasteiger partial charge in [0.1, 0.15) is 6.04 Å². The van der Waals surface area contributed by atoms with E-state index in [2.05, 4.69) is 62.6 Å². The van der Waals surface area contributed by atoms with Crippen molar-refractivity contribution in [2.45, 2.75) is 188 Å². The molecule has 12 nitrogen and oxygen atoms in total. The summed E-state index contributed by atoms with van der Waals surface area (Å²) in [5.74, 6) is -1.56. The molecule has 2 aliphatic heterocycles. The molecule has 3 saturated carbocycles. The number of amides is 3. The summed E-state index contributed by atoms with van der Waals surface area (Å²) >= 11 is 0. The Morgan fingerprint density at radius 2 is 1.51 bits per heavy atom. The van der Waals surface area contributed by atoms with Crippen LogP contribution in [0.25, 0.3) is 11.1 Å². The highest BCUT2D eigenvalue weighted by Gasteiger charge is 2.68. The molecule has 3 aliphatic carbocycles. The fourth-order valence-corrected chi connectivity index (χ4v) is 11.3. The summed E-state index contributed by atoms with van der Waals surface area (Å²) < 4.78 is 19.4. The molecule has 0 radical (unpaired) electrons. The van der Waals surface area contributed by atoms with Gasteiger partial charge in [0.2, 0.25) is 11.8 Å². The number of carbonyl (C=O) groups excluding carboxylic acids is 5. The van der Waals surface area contributed by atoms with Gasteiger partial charge in [0.15, 0.2) is 11.6 Å². The molecule has 2 saturated heterocycles. The van der Waals surface area contributed by atoms with Gasteiger partial charge in [0, 0.05) is 43.3 Å². The largest absolute Gasteiger partial charge is 0.461 e. The number of unbranched alkanes of at least 4 members (excludes halogenated alkanes) is 2. The summed E-state index contributed by atoms with van der Waals surface area (Å²) in [4.78, 5) is 71.2. The van der Waals surface area contributed by atoms with Gasteiger partial charge < -0.3 is 35.3 Å². The molecule has 0 aromatic heterocycles. The van der Waals surface area contributed by atoms with Crippen molar-refractivity contribution < 1.29 is 38.0 Å². The topological polar surface area (TPSA) is 166 Å². The molecule has 2 aromatic rings. The zero-order valence-electron chi connectivity index (χ0n) is 42.3. The fourth-order valence-electron chi connectivity index (χ4n) is 11.3. The third kappa shape index (κ3) is 12.7. The molecule has 2 heterocycles. The molecule has 4 N–H and O–H groups in total. The minimum atomic E-state index is -1.01. The number of nitrogens with one attached hydrogen (secondary N) is 2. The SMILES string of the molecule is CCCCc1ccc(-c2ccc(C(=O)N3CCC(C(=O)N[C@H](C(=O)C[C@@H](C)C(=O)N[C@@H](CCCCN)C(=O)C[C@@H](C)B4OC5C[C@@H]6C[C@@H](C6(C)C)[C@]5(C)O4)[C@@H](C)OC(C)(C)C)CC3)cc2)cc1. The Labute approximate surface area is 401 Å². The second-order valence-corrected chi connectivity index (χ2v) is 22.3. The highest BCUT2D eigenvalue weighted by molar-refractivity contribution is 6.47. The number of benzene rings is 2. The van der Waals surface area contributed by atoms with Gasteiger partial charge in [-0.3, -0.25) is 24.0 Å².